The quantitative estimate of drug-likeness (QED) is 0.426. The van der Waals surface area contributed by atoms with E-state index >= 15 is 0 Å². The van der Waals surface area contributed by atoms with E-state index in [1.165, 1.54) is 11.0 Å². The van der Waals surface area contributed by atoms with Crippen molar-refractivity contribution < 1.29 is 22.8 Å². The van der Waals surface area contributed by atoms with Gasteiger partial charge in [-0.1, -0.05) is 37.6 Å². The molecule has 4 rings (SSSR count). The second kappa shape index (κ2) is 13.4. The number of carbonyl (C=O) groups excluding carboxylic acids is 2. The van der Waals surface area contributed by atoms with Crippen LogP contribution in [0.25, 0.3) is 0 Å². The van der Waals surface area contributed by atoms with E-state index < -0.39 is 28.7 Å². The van der Waals surface area contributed by atoms with E-state index in [1.807, 2.05) is 57.1 Å². The van der Waals surface area contributed by atoms with Crippen LogP contribution in [0.3, 0.4) is 0 Å². The van der Waals surface area contributed by atoms with Gasteiger partial charge in [0.1, 0.15) is 5.70 Å². The number of benzene rings is 1. The van der Waals surface area contributed by atoms with E-state index in [1.54, 1.807) is 12.4 Å². The predicted molar refractivity (Wildman–Crippen MR) is 160 cm³/mol. The maximum absolute atomic E-state index is 13.8. The van der Waals surface area contributed by atoms with Gasteiger partial charge in [-0.25, -0.2) is 0 Å². The van der Waals surface area contributed by atoms with Gasteiger partial charge in [0.2, 0.25) is 0 Å². The molecule has 2 aliphatic heterocycles. The summed E-state index contributed by atoms with van der Waals surface area (Å²) in [7, 11) is 3.86. The number of carbonyl (C=O) groups is 2. The molecule has 1 unspecified atom stereocenters. The highest BCUT2D eigenvalue weighted by atomic mass is 35.5. The molecular weight excluding hydrogens is 581 g/mol. The number of alkyl halides is 3. The van der Waals surface area contributed by atoms with Gasteiger partial charge < -0.3 is 25.3 Å². The van der Waals surface area contributed by atoms with E-state index in [4.69, 9.17) is 11.6 Å². The Balaban J connectivity index is 1.65. The predicted octanol–water partition coefficient (Wildman–Crippen LogP) is 4.64. The fourth-order valence-electron chi connectivity index (χ4n) is 5.55. The van der Waals surface area contributed by atoms with Crippen LogP contribution in [-0.4, -0.2) is 84.4 Å². The lowest BCUT2D eigenvalue weighted by Gasteiger charge is -2.46. The number of nitrogens with zero attached hydrogens (tertiary/aromatic N) is 4. The molecule has 1 aromatic heterocycles. The smallest absolute Gasteiger partial charge is 0.366 e. The van der Waals surface area contributed by atoms with Crippen LogP contribution in [0.2, 0.25) is 5.02 Å². The van der Waals surface area contributed by atoms with Crippen molar-refractivity contribution in [2.24, 2.45) is 0 Å². The molecule has 1 aromatic carbocycles. The fourth-order valence-corrected chi connectivity index (χ4v) is 5.72. The molecule has 2 atom stereocenters. The third-order valence-corrected chi connectivity index (χ3v) is 8.24. The second-order valence-electron chi connectivity index (χ2n) is 11.0. The Morgan fingerprint density at radius 3 is 2.60 bits per heavy atom. The molecule has 12 heteroatoms. The lowest BCUT2D eigenvalue weighted by molar-refractivity contribution is -0.138. The van der Waals surface area contributed by atoms with Crippen LogP contribution in [0.1, 0.15) is 48.2 Å². The monoisotopic (exact) mass is 618 g/mol. The molecule has 2 N–H and O–H groups in total. The number of dihydropyridines is 1. The number of nitrogens with one attached hydrogen (secondary N) is 2. The third-order valence-electron chi connectivity index (χ3n) is 8.00. The molecule has 0 bridgehead atoms. The van der Waals surface area contributed by atoms with E-state index in [0.717, 1.165) is 17.7 Å². The molecule has 2 amide bonds. The van der Waals surface area contributed by atoms with Crippen LogP contribution in [0, 0.1) is 0 Å². The van der Waals surface area contributed by atoms with E-state index in [-0.39, 0.29) is 30.1 Å². The second-order valence-corrected chi connectivity index (χ2v) is 11.5. The Morgan fingerprint density at radius 1 is 1.21 bits per heavy atom. The number of likely N-dealkylation sites (N-methyl/N-ethyl adjacent to an activating group) is 1. The van der Waals surface area contributed by atoms with E-state index in [2.05, 4.69) is 20.5 Å². The molecule has 8 nitrogen and oxygen atoms in total. The van der Waals surface area contributed by atoms with Crippen molar-refractivity contribution in [1.82, 2.24) is 30.3 Å². The molecule has 0 spiro atoms. The largest absolute Gasteiger partial charge is 0.417 e. The van der Waals surface area contributed by atoms with Crippen molar-refractivity contribution in [3.05, 3.63) is 88.0 Å². The van der Waals surface area contributed by atoms with Gasteiger partial charge in [0, 0.05) is 56.2 Å². The number of halogens is 4. The molecule has 0 saturated carbocycles. The number of pyridine rings is 1. The number of piperazine rings is 1. The topological polar surface area (TPSA) is 80.8 Å². The molecular formula is C31H38ClF3N6O2. The minimum absolute atomic E-state index is 0.0884. The van der Waals surface area contributed by atoms with Crippen molar-refractivity contribution in [2.45, 2.75) is 44.4 Å². The highest BCUT2D eigenvalue weighted by Gasteiger charge is 2.40. The first kappa shape index (κ1) is 32.3. The first-order valence-electron chi connectivity index (χ1n) is 14.4. The van der Waals surface area contributed by atoms with Gasteiger partial charge in [-0.2, -0.15) is 13.2 Å². The molecule has 0 aliphatic carbocycles. The molecule has 2 aromatic rings. The van der Waals surface area contributed by atoms with Crippen molar-refractivity contribution in [1.29, 1.82) is 0 Å². The van der Waals surface area contributed by atoms with Crippen molar-refractivity contribution >= 4 is 23.4 Å². The van der Waals surface area contributed by atoms with Gasteiger partial charge >= 0.3 is 6.18 Å². The van der Waals surface area contributed by atoms with Crippen molar-refractivity contribution in [3.63, 3.8) is 0 Å². The normalized spacial score (nSPS) is 20.8. The first-order chi connectivity index (χ1) is 20.4. The van der Waals surface area contributed by atoms with Crippen LogP contribution in [0.15, 0.2) is 66.3 Å². The van der Waals surface area contributed by atoms with E-state index in [9.17, 15) is 22.8 Å². The van der Waals surface area contributed by atoms with Crippen molar-refractivity contribution in [3.8, 4) is 0 Å². The van der Waals surface area contributed by atoms with Crippen molar-refractivity contribution in [2.75, 3.05) is 46.8 Å². The van der Waals surface area contributed by atoms with Crippen LogP contribution in [-0.2, 0) is 16.5 Å². The first-order valence-corrected chi connectivity index (χ1v) is 14.8. The summed E-state index contributed by atoms with van der Waals surface area (Å²) in [6.45, 7) is 5.81. The summed E-state index contributed by atoms with van der Waals surface area (Å²) in [5, 5.41) is 6.44. The number of amides is 2. The Morgan fingerprint density at radius 2 is 1.98 bits per heavy atom. The number of allylic oxidation sites excluding steroid dienone is 1. The fraction of sp³-hybridized carbons (Fsp3) is 0.452. The van der Waals surface area contributed by atoms with Gasteiger partial charge in [-0.15, -0.1) is 0 Å². The summed E-state index contributed by atoms with van der Waals surface area (Å²) < 4.78 is 41.3. The molecule has 2 aliphatic rings. The average molecular weight is 619 g/mol. The Bertz CT molecular complexity index is 1380. The summed E-state index contributed by atoms with van der Waals surface area (Å²) in [5.74, 6) is -0.955. The molecule has 232 valence electrons. The average Bonchev–Trinajstić information content (AvgIpc) is 2.99. The zero-order valence-corrected chi connectivity index (χ0v) is 25.6. The summed E-state index contributed by atoms with van der Waals surface area (Å²) in [5.41, 5.74) is -0.140. The Labute approximate surface area is 255 Å². The van der Waals surface area contributed by atoms with Crippen LogP contribution in [0.5, 0.6) is 0 Å². The lowest BCUT2D eigenvalue weighted by atomic mass is 9.84. The SMILES string of the molecule is CC[C@@H]1CN(C(=O)c2ccc(Cl)cc2C(F)(F)F)CCN1C1=C(C(=O)NCCN(C)C)NC(CC)(c2cccnc2)C=C1. The highest BCUT2D eigenvalue weighted by molar-refractivity contribution is 6.30. The lowest BCUT2D eigenvalue weighted by Crippen LogP contribution is -2.56. The number of rotatable bonds is 9. The molecule has 1 fully saturated rings. The standard InChI is InChI=1S/C31H38ClF3N6O2/c1-5-23-20-40(29(43)24-10-9-22(32)18-25(24)31(33,34)35)16-17-41(23)26-11-12-30(6-2,21-8-7-13-36-19-21)38-27(26)28(42)37-14-15-39(3)4/h7-13,18-19,23,38H,5-6,14-17,20H2,1-4H3,(H,37,42)/t23-,30?/m1/s1. The van der Waals surface area contributed by atoms with Gasteiger partial charge in [0.05, 0.1) is 22.4 Å². The summed E-state index contributed by atoms with van der Waals surface area (Å²) in [4.78, 5) is 36.9. The van der Waals surface area contributed by atoms with Crippen LogP contribution >= 0.6 is 11.6 Å². The number of hydrogen-bond acceptors (Lipinski definition) is 6. The van der Waals surface area contributed by atoms with Gasteiger partial charge in [-0.3, -0.25) is 14.6 Å². The molecule has 43 heavy (non-hydrogen) atoms. The Hall–Kier alpha value is -3.57. The summed E-state index contributed by atoms with van der Waals surface area (Å²) >= 11 is 5.83. The molecule has 3 heterocycles. The molecule has 1 saturated heterocycles. The maximum atomic E-state index is 13.8. The van der Waals surface area contributed by atoms with Gasteiger partial charge in [0.25, 0.3) is 11.8 Å². The molecule has 0 radical (unpaired) electrons. The minimum Gasteiger partial charge on any atom is -0.366 e. The highest BCUT2D eigenvalue weighted by Crippen LogP contribution is 2.36. The van der Waals surface area contributed by atoms with Gasteiger partial charge in [-0.05, 0) is 62.8 Å². The van der Waals surface area contributed by atoms with E-state index in [0.29, 0.717) is 43.9 Å². The maximum Gasteiger partial charge on any atom is 0.417 e. The number of aromatic nitrogens is 1. The number of hydrogen-bond donors (Lipinski definition) is 2. The third kappa shape index (κ3) is 7.15. The van der Waals surface area contributed by atoms with Gasteiger partial charge in [0.15, 0.2) is 0 Å². The van der Waals surface area contributed by atoms with Crippen LogP contribution in [0.4, 0.5) is 13.2 Å². The van der Waals surface area contributed by atoms with Crippen LogP contribution < -0.4 is 10.6 Å². The summed E-state index contributed by atoms with van der Waals surface area (Å²) in [6.07, 6.45) is 3.98. The minimum atomic E-state index is -4.72. The zero-order chi connectivity index (χ0) is 31.4. The summed E-state index contributed by atoms with van der Waals surface area (Å²) in [6, 6.07) is 6.80. The Kier molecular flexibility index (Phi) is 10.1. The zero-order valence-electron chi connectivity index (χ0n) is 24.8.